The summed E-state index contributed by atoms with van der Waals surface area (Å²) >= 11 is 5.73. The first-order valence-corrected chi connectivity index (χ1v) is 5.95. The van der Waals surface area contributed by atoms with Crippen LogP contribution in [0.5, 0.6) is 0 Å². The van der Waals surface area contributed by atoms with Crippen molar-refractivity contribution in [3.63, 3.8) is 0 Å². The van der Waals surface area contributed by atoms with Crippen LogP contribution in [-0.2, 0) is 6.42 Å². The molecule has 0 radical (unpaired) electrons. The van der Waals surface area contributed by atoms with Crippen molar-refractivity contribution in [1.82, 2.24) is 0 Å². The number of hydrogen-bond donors (Lipinski definition) is 0. The summed E-state index contributed by atoms with van der Waals surface area (Å²) in [5, 5.41) is 10.9. The number of nitrogens with zero attached hydrogens (tertiary/aromatic N) is 1. The molecule has 16 heavy (non-hydrogen) atoms. The van der Waals surface area contributed by atoms with E-state index in [2.05, 4.69) is 6.92 Å². The molecule has 88 valence electrons. The molecule has 0 aliphatic rings. The molecular weight excluding hydrogens is 226 g/mol. The molecule has 1 aromatic rings. The third-order valence-corrected chi connectivity index (χ3v) is 2.85. The standard InChI is InChI=1S/C12H16ClNO2/c1-2-3-4-5-6-10-7-8-11(13)12(9-10)14(15)16/h7-9H,2-6H2,1H3. The summed E-state index contributed by atoms with van der Waals surface area (Å²) in [6.07, 6.45) is 5.55. The van der Waals surface area contributed by atoms with Gasteiger partial charge in [-0.05, 0) is 24.5 Å². The molecule has 0 unspecified atom stereocenters. The Bertz CT molecular complexity index is 366. The third kappa shape index (κ3) is 3.81. The van der Waals surface area contributed by atoms with Crippen LogP contribution in [0.4, 0.5) is 5.69 Å². The molecule has 0 fully saturated rings. The molecule has 0 spiro atoms. The summed E-state index contributed by atoms with van der Waals surface area (Å²) in [5.74, 6) is 0. The molecule has 0 N–H and O–H groups in total. The maximum absolute atomic E-state index is 10.7. The normalized spacial score (nSPS) is 10.4. The smallest absolute Gasteiger partial charge is 0.258 e. The summed E-state index contributed by atoms with van der Waals surface area (Å²) in [6.45, 7) is 2.16. The molecule has 0 aliphatic heterocycles. The lowest BCUT2D eigenvalue weighted by molar-refractivity contribution is -0.384. The van der Waals surface area contributed by atoms with Gasteiger partial charge in [-0.2, -0.15) is 0 Å². The first-order chi connectivity index (χ1) is 7.65. The first-order valence-electron chi connectivity index (χ1n) is 5.58. The Balaban J connectivity index is 2.61. The van der Waals surface area contributed by atoms with E-state index in [9.17, 15) is 10.1 Å². The molecular formula is C12H16ClNO2. The minimum atomic E-state index is -0.433. The molecule has 0 aliphatic carbocycles. The molecule has 1 aromatic carbocycles. The molecule has 3 nitrogen and oxygen atoms in total. The van der Waals surface area contributed by atoms with Crippen molar-refractivity contribution in [3.8, 4) is 0 Å². The second-order valence-electron chi connectivity index (χ2n) is 3.85. The maximum atomic E-state index is 10.7. The number of hydrogen-bond acceptors (Lipinski definition) is 2. The number of rotatable bonds is 6. The predicted octanol–water partition coefficient (Wildman–Crippen LogP) is 4.37. The zero-order chi connectivity index (χ0) is 12.0. The van der Waals surface area contributed by atoms with E-state index in [0.717, 1.165) is 18.4 Å². The van der Waals surface area contributed by atoms with Crippen molar-refractivity contribution in [1.29, 1.82) is 0 Å². The van der Waals surface area contributed by atoms with Crippen LogP contribution in [0.3, 0.4) is 0 Å². The fourth-order valence-electron chi connectivity index (χ4n) is 1.61. The minimum absolute atomic E-state index is 0.00894. The van der Waals surface area contributed by atoms with Gasteiger partial charge in [0.2, 0.25) is 0 Å². The van der Waals surface area contributed by atoms with Gasteiger partial charge < -0.3 is 0 Å². The van der Waals surface area contributed by atoms with Gasteiger partial charge in [0, 0.05) is 6.07 Å². The van der Waals surface area contributed by atoms with Crippen molar-refractivity contribution in [2.24, 2.45) is 0 Å². The van der Waals surface area contributed by atoms with Gasteiger partial charge in [-0.3, -0.25) is 10.1 Å². The van der Waals surface area contributed by atoms with Gasteiger partial charge in [-0.1, -0.05) is 43.9 Å². The SMILES string of the molecule is CCCCCCc1ccc(Cl)c([N+](=O)[O-])c1. The van der Waals surface area contributed by atoms with Gasteiger partial charge in [0.1, 0.15) is 5.02 Å². The van der Waals surface area contributed by atoms with E-state index >= 15 is 0 Å². The van der Waals surface area contributed by atoms with Crippen LogP contribution in [0, 0.1) is 10.1 Å². The zero-order valence-electron chi connectivity index (χ0n) is 9.41. The second-order valence-corrected chi connectivity index (χ2v) is 4.26. The van der Waals surface area contributed by atoms with Gasteiger partial charge in [0.15, 0.2) is 0 Å². The highest BCUT2D eigenvalue weighted by Gasteiger charge is 2.12. The average Bonchev–Trinajstić information content (AvgIpc) is 2.26. The lowest BCUT2D eigenvalue weighted by Crippen LogP contribution is -1.92. The van der Waals surface area contributed by atoms with Crippen LogP contribution >= 0.6 is 11.6 Å². The topological polar surface area (TPSA) is 43.1 Å². The molecule has 0 saturated carbocycles. The summed E-state index contributed by atoms with van der Waals surface area (Å²) in [4.78, 5) is 10.2. The molecule has 0 heterocycles. The largest absolute Gasteiger partial charge is 0.288 e. The Morgan fingerprint density at radius 2 is 2.06 bits per heavy atom. The summed E-state index contributed by atoms with van der Waals surface area (Å²) in [5.41, 5.74) is 1.00. The average molecular weight is 242 g/mol. The Labute approximate surface area is 101 Å². The first kappa shape index (κ1) is 13.0. The number of nitro benzene ring substituents is 1. The Morgan fingerprint density at radius 3 is 2.69 bits per heavy atom. The van der Waals surface area contributed by atoms with E-state index in [1.165, 1.54) is 19.3 Å². The van der Waals surface area contributed by atoms with Crippen LogP contribution in [0.1, 0.15) is 38.2 Å². The Morgan fingerprint density at radius 1 is 1.31 bits per heavy atom. The molecule has 0 atom stereocenters. The van der Waals surface area contributed by atoms with E-state index in [0.29, 0.717) is 0 Å². The van der Waals surface area contributed by atoms with Crippen LogP contribution in [-0.4, -0.2) is 4.92 Å². The summed E-state index contributed by atoms with van der Waals surface area (Å²) in [7, 11) is 0. The molecule has 0 bridgehead atoms. The van der Waals surface area contributed by atoms with Gasteiger partial charge in [-0.25, -0.2) is 0 Å². The molecule has 0 amide bonds. The number of benzene rings is 1. The highest BCUT2D eigenvalue weighted by atomic mass is 35.5. The Hall–Kier alpha value is -1.09. The molecule has 4 heteroatoms. The Kier molecular flexibility index (Phi) is 5.26. The van der Waals surface area contributed by atoms with E-state index < -0.39 is 4.92 Å². The lowest BCUT2D eigenvalue weighted by atomic mass is 10.1. The number of aryl methyl sites for hydroxylation is 1. The van der Waals surface area contributed by atoms with Crippen molar-refractivity contribution in [3.05, 3.63) is 38.9 Å². The second kappa shape index (κ2) is 6.48. The fraction of sp³-hybridized carbons (Fsp3) is 0.500. The van der Waals surface area contributed by atoms with Gasteiger partial charge >= 0.3 is 0 Å². The van der Waals surface area contributed by atoms with Gasteiger partial charge in [0.25, 0.3) is 5.69 Å². The summed E-state index contributed by atoms with van der Waals surface area (Å²) < 4.78 is 0. The van der Waals surface area contributed by atoms with Crippen molar-refractivity contribution < 1.29 is 4.92 Å². The fourth-order valence-corrected chi connectivity index (χ4v) is 1.80. The van der Waals surface area contributed by atoms with Crippen molar-refractivity contribution in [2.45, 2.75) is 39.0 Å². The number of nitro groups is 1. The summed E-state index contributed by atoms with van der Waals surface area (Å²) in [6, 6.07) is 5.05. The van der Waals surface area contributed by atoms with E-state index in [1.54, 1.807) is 12.1 Å². The van der Waals surface area contributed by atoms with E-state index in [1.807, 2.05) is 6.07 Å². The van der Waals surface area contributed by atoms with Crippen LogP contribution in [0.2, 0.25) is 5.02 Å². The quantitative estimate of drug-likeness (QED) is 0.422. The van der Waals surface area contributed by atoms with Crippen molar-refractivity contribution >= 4 is 17.3 Å². The molecule has 0 aromatic heterocycles. The van der Waals surface area contributed by atoms with Gasteiger partial charge in [-0.15, -0.1) is 0 Å². The minimum Gasteiger partial charge on any atom is -0.258 e. The predicted molar refractivity (Wildman–Crippen MR) is 66.0 cm³/mol. The van der Waals surface area contributed by atoms with Crippen LogP contribution < -0.4 is 0 Å². The number of unbranched alkanes of at least 4 members (excludes halogenated alkanes) is 3. The zero-order valence-corrected chi connectivity index (χ0v) is 10.2. The lowest BCUT2D eigenvalue weighted by Gasteiger charge is -2.02. The van der Waals surface area contributed by atoms with Crippen LogP contribution in [0.25, 0.3) is 0 Å². The molecule has 1 rings (SSSR count). The van der Waals surface area contributed by atoms with Crippen LogP contribution in [0.15, 0.2) is 18.2 Å². The van der Waals surface area contributed by atoms with E-state index in [4.69, 9.17) is 11.6 Å². The molecule has 0 saturated heterocycles. The maximum Gasteiger partial charge on any atom is 0.288 e. The highest BCUT2D eigenvalue weighted by Crippen LogP contribution is 2.25. The number of halogens is 1. The monoisotopic (exact) mass is 241 g/mol. The highest BCUT2D eigenvalue weighted by molar-refractivity contribution is 6.32. The van der Waals surface area contributed by atoms with Crippen molar-refractivity contribution in [2.75, 3.05) is 0 Å². The van der Waals surface area contributed by atoms with Gasteiger partial charge in [0.05, 0.1) is 4.92 Å². The third-order valence-electron chi connectivity index (χ3n) is 2.53. The van der Waals surface area contributed by atoms with E-state index in [-0.39, 0.29) is 10.7 Å².